The Morgan fingerprint density at radius 2 is 2.50 bits per heavy atom. The molecule has 0 aliphatic carbocycles. The van der Waals surface area contributed by atoms with E-state index in [9.17, 15) is 4.79 Å². The number of rotatable bonds is 2. The zero-order valence-corrected chi connectivity index (χ0v) is 3.90. The predicted molar refractivity (Wildman–Crippen MR) is 23.8 cm³/mol. The molecule has 0 spiro atoms. The second-order valence-electron chi connectivity index (χ2n) is 0.729. The maximum atomic E-state index is 9.69. The summed E-state index contributed by atoms with van der Waals surface area (Å²) in [6.07, 6.45) is 0. The first-order valence-corrected chi connectivity index (χ1v) is 1.81. The minimum Gasteiger partial charge on any atom is -0.316 e. The van der Waals surface area contributed by atoms with Crippen LogP contribution in [0, 0.1) is 0 Å². The third kappa shape index (κ3) is 3.94. The van der Waals surface area contributed by atoms with E-state index in [1.807, 2.05) is 0 Å². The van der Waals surface area contributed by atoms with E-state index in [4.69, 9.17) is 5.21 Å². The van der Waals surface area contributed by atoms with Crippen LogP contribution in [-0.4, -0.2) is 16.9 Å². The molecule has 0 aromatic carbocycles. The fourth-order valence-electron chi connectivity index (χ4n) is 0.0676. The lowest BCUT2D eigenvalue weighted by atomic mass is 10.8. The number of carbonyl (C=O) groups excluding carboxylic acids is 1. The fraction of sp³-hybridized carbons (Fsp3) is 0.500. The van der Waals surface area contributed by atoms with Crippen LogP contribution >= 0.6 is 12.6 Å². The van der Waals surface area contributed by atoms with Gasteiger partial charge in [-0.2, -0.15) is 5.48 Å². The Morgan fingerprint density at radius 3 is 2.50 bits per heavy atom. The Labute approximate surface area is 40.7 Å². The summed E-state index contributed by atoms with van der Waals surface area (Å²) in [6, 6.07) is 0. The third-order valence-corrected chi connectivity index (χ3v) is 0.388. The summed E-state index contributed by atoms with van der Waals surface area (Å²) in [5.41, 5.74) is 1.64. The van der Waals surface area contributed by atoms with Crippen molar-refractivity contribution in [2.75, 3.05) is 6.54 Å². The van der Waals surface area contributed by atoms with E-state index < -0.39 is 0 Å². The lowest BCUT2D eigenvalue weighted by Gasteiger charge is -1.83. The molecule has 0 aliphatic rings. The molecule has 0 aromatic heterocycles. The van der Waals surface area contributed by atoms with Crippen molar-refractivity contribution in [1.82, 2.24) is 5.48 Å². The monoisotopic (exact) mass is 107 g/mol. The highest BCUT2D eigenvalue weighted by molar-refractivity contribution is 7.96. The summed E-state index contributed by atoms with van der Waals surface area (Å²) in [6.45, 7) is -0.0941. The van der Waals surface area contributed by atoms with Crippen LogP contribution in [0.25, 0.3) is 0 Å². The Balaban J connectivity index is 2.83. The van der Waals surface area contributed by atoms with Crippen molar-refractivity contribution in [3.05, 3.63) is 0 Å². The quantitative estimate of drug-likeness (QED) is 0.327. The van der Waals surface area contributed by atoms with Crippen molar-refractivity contribution in [1.29, 1.82) is 0 Å². The summed E-state index contributed by atoms with van der Waals surface area (Å²) in [4.78, 5) is 9.69. The Hall–Kier alpha value is -0.0600. The highest BCUT2D eigenvalue weighted by Crippen LogP contribution is 1.69. The normalized spacial score (nSPS) is 8.33. The summed E-state index contributed by atoms with van der Waals surface area (Å²) in [7, 11) is 0. The molecular weight excluding hydrogens is 102 g/mol. The highest BCUT2D eigenvalue weighted by Gasteiger charge is 1.85. The van der Waals surface area contributed by atoms with Gasteiger partial charge in [-0.1, -0.05) is 0 Å². The first-order chi connectivity index (χ1) is 2.77. The standard InChI is InChI=1S/C2H5NO2S/c4-2(6)1-3-5/h3,5H,1H2,(H,4,6). The van der Waals surface area contributed by atoms with Gasteiger partial charge in [-0.05, 0) is 0 Å². The van der Waals surface area contributed by atoms with Crippen molar-refractivity contribution in [2.24, 2.45) is 0 Å². The lowest BCUT2D eigenvalue weighted by Crippen LogP contribution is -2.14. The van der Waals surface area contributed by atoms with Gasteiger partial charge in [0.25, 0.3) is 0 Å². The number of nitrogens with one attached hydrogen (secondary N) is 1. The number of hydroxylamine groups is 1. The zero-order valence-electron chi connectivity index (χ0n) is 3.01. The summed E-state index contributed by atoms with van der Waals surface area (Å²) in [5, 5.41) is 7.34. The van der Waals surface area contributed by atoms with Crippen LogP contribution in [0.1, 0.15) is 0 Å². The van der Waals surface area contributed by atoms with Gasteiger partial charge in [0.15, 0.2) is 0 Å². The number of hydrogen-bond acceptors (Lipinski definition) is 3. The molecule has 0 fully saturated rings. The van der Waals surface area contributed by atoms with Crippen LogP contribution in [0.4, 0.5) is 0 Å². The Kier molecular flexibility index (Phi) is 3.11. The predicted octanol–water partition coefficient (Wildman–Crippen LogP) is -0.578. The second-order valence-corrected chi connectivity index (χ2v) is 1.23. The van der Waals surface area contributed by atoms with Gasteiger partial charge in [-0.25, -0.2) is 0 Å². The van der Waals surface area contributed by atoms with Crippen molar-refractivity contribution < 1.29 is 10.0 Å². The minimum absolute atomic E-state index is 0.0941. The van der Waals surface area contributed by atoms with E-state index >= 15 is 0 Å². The van der Waals surface area contributed by atoms with E-state index in [-0.39, 0.29) is 11.7 Å². The molecule has 0 unspecified atom stereocenters. The van der Waals surface area contributed by atoms with Gasteiger partial charge in [0.2, 0.25) is 5.12 Å². The summed E-state index contributed by atoms with van der Waals surface area (Å²) < 4.78 is 0. The van der Waals surface area contributed by atoms with E-state index in [1.54, 1.807) is 5.48 Å². The molecule has 0 saturated heterocycles. The van der Waals surface area contributed by atoms with Crippen LogP contribution in [0.2, 0.25) is 0 Å². The molecule has 4 heteroatoms. The molecular formula is C2H5NO2S. The lowest BCUT2D eigenvalue weighted by molar-refractivity contribution is -0.111. The van der Waals surface area contributed by atoms with E-state index in [1.165, 1.54) is 0 Å². The van der Waals surface area contributed by atoms with Gasteiger partial charge in [0, 0.05) is 0 Å². The number of hydrogen-bond donors (Lipinski definition) is 3. The van der Waals surface area contributed by atoms with Gasteiger partial charge >= 0.3 is 0 Å². The second kappa shape index (κ2) is 3.14. The maximum absolute atomic E-state index is 9.69. The van der Waals surface area contributed by atoms with Crippen LogP contribution in [0.15, 0.2) is 0 Å². The third-order valence-electron chi connectivity index (χ3n) is 0.230. The smallest absolute Gasteiger partial charge is 0.202 e. The minimum atomic E-state index is -0.377. The highest BCUT2D eigenvalue weighted by atomic mass is 32.1. The fourth-order valence-corrected chi connectivity index (χ4v) is 0.138. The number of thiol groups is 1. The molecule has 0 atom stereocenters. The SMILES string of the molecule is O=C(S)CNO. The van der Waals surface area contributed by atoms with Crippen molar-refractivity contribution in [3.8, 4) is 0 Å². The van der Waals surface area contributed by atoms with Gasteiger partial charge in [0.05, 0.1) is 6.54 Å². The largest absolute Gasteiger partial charge is 0.316 e. The van der Waals surface area contributed by atoms with Gasteiger partial charge in [-0.3, -0.25) is 4.79 Å². The molecule has 0 saturated carbocycles. The maximum Gasteiger partial charge on any atom is 0.202 e. The summed E-state index contributed by atoms with van der Waals surface area (Å²) in [5.74, 6) is 0. The first kappa shape index (κ1) is 5.94. The zero-order chi connectivity index (χ0) is 4.99. The Morgan fingerprint density at radius 1 is 2.00 bits per heavy atom. The van der Waals surface area contributed by atoms with E-state index in [2.05, 4.69) is 12.6 Å². The van der Waals surface area contributed by atoms with Crippen molar-refractivity contribution in [2.45, 2.75) is 0 Å². The molecule has 0 rings (SSSR count). The van der Waals surface area contributed by atoms with Gasteiger partial charge in [-0.15, -0.1) is 12.6 Å². The molecule has 0 amide bonds. The van der Waals surface area contributed by atoms with Gasteiger partial charge < -0.3 is 5.21 Å². The molecule has 0 aliphatic heterocycles. The van der Waals surface area contributed by atoms with E-state index in [0.29, 0.717) is 0 Å². The molecule has 0 aromatic rings. The molecule has 0 radical (unpaired) electrons. The van der Waals surface area contributed by atoms with Crippen molar-refractivity contribution >= 4 is 17.7 Å². The van der Waals surface area contributed by atoms with Crippen LogP contribution in [0.5, 0.6) is 0 Å². The Bertz CT molecular complexity index is 55.5. The van der Waals surface area contributed by atoms with Crippen LogP contribution in [0.3, 0.4) is 0 Å². The summed E-state index contributed by atoms with van der Waals surface area (Å²) >= 11 is 3.32. The molecule has 36 valence electrons. The van der Waals surface area contributed by atoms with E-state index in [0.717, 1.165) is 0 Å². The van der Waals surface area contributed by atoms with Gasteiger partial charge in [0.1, 0.15) is 0 Å². The number of carbonyl (C=O) groups is 1. The molecule has 3 nitrogen and oxygen atoms in total. The average molecular weight is 107 g/mol. The average Bonchev–Trinajstić information content (AvgIpc) is 1.35. The first-order valence-electron chi connectivity index (χ1n) is 1.36. The molecule has 0 heterocycles. The molecule has 2 N–H and O–H groups in total. The topological polar surface area (TPSA) is 49.3 Å². The van der Waals surface area contributed by atoms with Crippen molar-refractivity contribution in [3.63, 3.8) is 0 Å². The molecule has 6 heavy (non-hydrogen) atoms. The van der Waals surface area contributed by atoms with Crippen LogP contribution < -0.4 is 5.48 Å². The molecule has 0 bridgehead atoms. The van der Waals surface area contributed by atoms with Crippen LogP contribution in [-0.2, 0) is 4.79 Å².